The van der Waals surface area contributed by atoms with Crippen LogP contribution in [0.2, 0.25) is 0 Å². The second-order valence-corrected chi connectivity index (χ2v) is 5.94. The van der Waals surface area contributed by atoms with Crippen molar-refractivity contribution in [3.05, 3.63) is 29.3 Å². The average Bonchev–Trinajstić information content (AvgIpc) is 2.48. The van der Waals surface area contributed by atoms with Crippen LogP contribution in [0.25, 0.3) is 0 Å². The van der Waals surface area contributed by atoms with Gasteiger partial charge in [0, 0.05) is 18.8 Å². The van der Waals surface area contributed by atoms with Crippen LogP contribution in [0.3, 0.4) is 0 Å². The van der Waals surface area contributed by atoms with E-state index in [0.29, 0.717) is 18.4 Å². The molecular formula is C18H20O5. The van der Waals surface area contributed by atoms with Crippen molar-refractivity contribution < 1.29 is 24.3 Å². The SMILES string of the molecule is CCCC(=O)C1C(=O)CCC(c2ccc(O)c(C(C)=O)c2)C1=O. The Balaban J connectivity index is 2.35. The molecule has 0 radical (unpaired) electrons. The van der Waals surface area contributed by atoms with E-state index in [1.807, 2.05) is 6.92 Å². The van der Waals surface area contributed by atoms with E-state index < -0.39 is 11.8 Å². The quantitative estimate of drug-likeness (QED) is 0.666. The maximum absolute atomic E-state index is 12.6. The molecule has 0 spiro atoms. The third kappa shape index (κ3) is 3.38. The fourth-order valence-electron chi connectivity index (χ4n) is 3.05. The first-order valence-corrected chi connectivity index (χ1v) is 7.79. The van der Waals surface area contributed by atoms with Gasteiger partial charge >= 0.3 is 0 Å². The molecule has 0 aliphatic heterocycles. The first kappa shape index (κ1) is 17.1. The summed E-state index contributed by atoms with van der Waals surface area (Å²) >= 11 is 0. The van der Waals surface area contributed by atoms with Crippen LogP contribution in [0.15, 0.2) is 18.2 Å². The molecule has 1 aromatic rings. The van der Waals surface area contributed by atoms with Gasteiger partial charge in [0.05, 0.1) is 5.56 Å². The largest absolute Gasteiger partial charge is 0.507 e. The molecule has 1 aliphatic rings. The summed E-state index contributed by atoms with van der Waals surface area (Å²) in [6.45, 7) is 3.16. The average molecular weight is 316 g/mol. The van der Waals surface area contributed by atoms with Crippen molar-refractivity contribution in [1.82, 2.24) is 0 Å². The van der Waals surface area contributed by atoms with Gasteiger partial charge in [-0.05, 0) is 37.5 Å². The fourth-order valence-corrected chi connectivity index (χ4v) is 3.05. The van der Waals surface area contributed by atoms with Gasteiger partial charge in [-0.15, -0.1) is 0 Å². The highest BCUT2D eigenvalue weighted by molar-refractivity contribution is 6.22. The van der Waals surface area contributed by atoms with E-state index in [1.54, 1.807) is 6.07 Å². The second kappa shape index (κ2) is 6.86. The van der Waals surface area contributed by atoms with Crippen LogP contribution in [0.1, 0.15) is 61.4 Å². The molecule has 23 heavy (non-hydrogen) atoms. The van der Waals surface area contributed by atoms with Gasteiger partial charge in [-0.25, -0.2) is 0 Å². The summed E-state index contributed by atoms with van der Waals surface area (Å²) in [6.07, 6.45) is 1.31. The van der Waals surface area contributed by atoms with Crippen LogP contribution in [-0.2, 0) is 14.4 Å². The molecule has 122 valence electrons. The highest BCUT2D eigenvalue weighted by atomic mass is 16.3. The summed E-state index contributed by atoms with van der Waals surface area (Å²) in [5, 5.41) is 9.71. The zero-order valence-corrected chi connectivity index (χ0v) is 13.3. The summed E-state index contributed by atoms with van der Waals surface area (Å²) in [5.41, 5.74) is 0.712. The summed E-state index contributed by atoms with van der Waals surface area (Å²) in [6, 6.07) is 4.43. The van der Waals surface area contributed by atoms with Gasteiger partial charge in [0.15, 0.2) is 23.1 Å². The summed E-state index contributed by atoms with van der Waals surface area (Å²) < 4.78 is 0. The molecule has 1 aromatic carbocycles. The van der Waals surface area contributed by atoms with Crippen molar-refractivity contribution in [3.63, 3.8) is 0 Å². The standard InChI is InChI=1S/C18H20O5/c1-3-4-15(21)17-16(22)8-6-12(18(17)23)11-5-7-14(20)13(9-11)10(2)19/h5,7,9,12,17,20H,3-4,6,8H2,1-2H3. The number of carbonyl (C=O) groups excluding carboxylic acids is 4. The van der Waals surface area contributed by atoms with Crippen LogP contribution in [0.4, 0.5) is 0 Å². The first-order chi connectivity index (χ1) is 10.9. The van der Waals surface area contributed by atoms with Gasteiger partial charge in [-0.2, -0.15) is 0 Å². The number of benzene rings is 1. The lowest BCUT2D eigenvalue weighted by Gasteiger charge is -2.26. The van der Waals surface area contributed by atoms with Gasteiger partial charge in [0.2, 0.25) is 0 Å². The Morgan fingerprint density at radius 3 is 2.57 bits per heavy atom. The first-order valence-electron chi connectivity index (χ1n) is 7.79. The van der Waals surface area contributed by atoms with Gasteiger partial charge in [0.1, 0.15) is 11.7 Å². The van der Waals surface area contributed by atoms with Crippen LogP contribution in [-0.4, -0.2) is 28.2 Å². The smallest absolute Gasteiger partial charge is 0.163 e. The van der Waals surface area contributed by atoms with Crippen LogP contribution in [0.5, 0.6) is 5.75 Å². The minimum atomic E-state index is -1.18. The Kier molecular flexibility index (Phi) is 5.08. The highest BCUT2D eigenvalue weighted by Gasteiger charge is 2.41. The zero-order valence-electron chi connectivity index (χ0n) is 13.3. The highest BCUT2D eigenvalue weighted by Crippen LogP contribution is 2.34. The maximum Gasteiger partial charge on any atom is 0.163 e. The number of phenols is 1. The molecule has 0 amide bonds. The molecule has 1 saturated carbocycles. The minimum absolute atomic E-state index is 0.140. The number of aromatic hydroxyl groups is 1. The lowest BCUT2D eigenvalue weighted by atomic mass is 9.73. The number of hydrogen-bond donors (Lipinski definition) is 1. The summed E-state index contributed by atoms with van der Waals surface area (Å²) in [4.78, 5) is 48.2. The molecule has 0 heterocycles. The van der Waals surface area contributed by atoms with Gasteiger partial charge in [-0.3, -0.25) is 19.2 Å². The fraction of sp³-hybridized carbons (Fsp3) is 0.444. The van der Waals surface area contributed by atoms with Crippen LogP contribution in [0, 0.1) is 5.92 Å². The van der Waals surface area contributed by atoms with E-state index >= 15 is 0 Å². The number of ketones is 4. The molecule has 1 N–H and O–H groups in total. The lowest BCUT2D eigenvalue weighted by Crippen LogP contribution is -2.39. The maximum atomic E-state index is 12.6. The molecule has 2 unspecified atom stereocenters. The topological polar surface area (TPSA) is 88.5 Å². The molecule has 1 fully saturated rings. The Labute approximate surface area is 134 Å². The van der Waals surface area contributed by atoms with E-state index in [0.717, 1.165) is 0 Å². The summed E-state index contributed by atoms with van der Waals surface area (Å²) in [5.74, 6) is -3.23. The Morgan fingerprint density at radius 2 is 1.96 bits per heavy atom. The van der Waals surface area contributed by atoms with Crippen molar-refractivity contribution >= 4 is 23.1 Å². The summed E-state index contributed by atoms with van der Waals surface area (Å²) in [7, 11) is 0. The lowest BCUT2D eigenvalue weighted by molar-refractivity contribution is -0.143. The van der Waals surface area contributed by atoms with E-state index in [4.69, 9.17) is 0 Å². The van der Waals surface area contributed by atoms with Crippen molar-refractivity contribution in [3.8, 4) is 5.75 Å². The Bertz CT molecular complexity index is 674. The number of hydrogen-bond acceptors (Lipinski definition) is 5. The number of Topliss-reactive ketones (excluding diaryl/α,β-unsaturated/α-hetero) is 4. The van der Waals surface area contributed by atoms with Crippen molar-refractivity contribution in [1.29, 1.82) is 0 Å². The van der Waals surface area contributed by atoms with Crippen molar-refractivity contribution in [2.24, 2.45) is 5.92 Å². The van der Waals surface area contributed by atoms with E-state index in [2.05, 4.69) is 0 Å². The molecule has 2 rings (SSSR count). The number of carbonyl (C=O) groups is 4. The molecule has 5 heteroatoms. The molecular weight excluding hydrogens is 296 g/mol. The Morgan fingerprint density at radius 1 is 1.26 bits per heavy atom. The van der Waals surface area contributed by atoms with Gasteiger partial charge in [0.25, 0.3) is 0 Å². The second-order valence-electron chi connectivity index (χ2n) is 5.94. The third-order valence-corrected chi connectivity index (χ3v) is 4.25. The number of rotatable bonds is 5. The van der Waals surface area contributed by atoms with Gasteiger partial charge < -0.3 is 5.11 Å². The molecule has 1 aliphatic carbocycles. The predicted octanol–water partition coefficient (Wildman–Crippen LogP) is 2.60. The Hall–Kier alpha value is -2.30. The minimum Gasteiger partial charge on any atom is -0.507 e. The predicted molar refractivity (Wildman–Crippen MR) is 83.5 cm³/mol. The zero-order chi connectivity index (χ0) is 17.1. The molecule has 5 nitrogen and oxygen atoms in total. The monoisotopic (exact) mass is 316 g/mol. The number of phenolic OH excluding ortho intramolecular Hbond substituents is 1. The molecule has 2 atom stereocenters. The van der Waals surface area contributed by atoms with E-state index in [1.165, 1.54) is 19.1 Å². The van der Waals surface area contributed by atoms with Crippen LogP contribution >= 0.6 is 0 Å². The normalized spacial score (nSPS) is 21.3. The van der Waals surface area contributed by atoms with Crippen molar-refractivity contribution in [2.45, 2.75) is 45.4 Å². The van der Waals surface area contributed by atoms with Crippen LogP contribution < -0.4 is 0 Å². The van der Waals surface area contributed by atoms with Crippen molar-refractivity contribution in [2.75, 3.05) is 0 Å². The molecule has 0 bridgehead atoms. The third-order valence-electron chi connectivity index (χ3n) is 4.25. The van der Waals surface area contributed by atoms with E-state index in [9.17, 15) is 24.3 Å². The van der Waals surface area contributed by atoms with E-state index in [-0.39, 0.29) is 47.3 Å². The molecule has 0 saturated heterocycles. The van der Waals surface area contributed by atoms with Gasteiger partial charge in [-0.1, -0.05) is 13.0 Å². The molecule has 0 aromatic heterocycles.